The van der Waals surface area contributed by atoms with E-state index in [0.29, 0.717) is 16.7 Å². The molecule has 2 heterocycles. The molecule has 1 aliphatic rings. The first kappa shape index (κ1) is 16.6. The summed E-state index contributed by atoms with van der Waals surface area (Å²) in [5.74, 6) is -0.0644. The van der Waals surface area contributed by atoms with E-state index < -0.39 is 22.9 Å². The third-order valence-corrected chi connectivity index (χ3v) is 5.19. The van der Waals surface area contributed by atoms with Crippen molar-refractivity contribution in [1.29, 1.82) is 0 Å². The Morgan fingerprint density at radius 1 is 1.18 bits per heavy atom. The van der Waals surface area contributed by atoms with Gasteiger partial charge in [-0.05, 0) is 0 Å². The fraction of sp³-hybridized carbons (Fsp3) is 0.500. The van der Waals surface area contributed by atoms with Crippen molar-refractivity contribution in [2.45, 2.75) is 10.7 Å². The number of likely N-dealkylation sites (N-methyl/N-ethyl adjacent to an activating group) is 1. The van der Waals surface area contributed by atoms with Gasteiger partial charge in [-0.25, -0.2) is 5.43 Å². The molecule has 0 saturated carbocycles. The first-order valence-electron chi connectivity index (χ1n) is 6.14. The molecule has 0 aliphatic carbocycles. The Balaban J connectivity index is 1.84. The van der Waals surface area contributed by atoms with Crippen LogP contribution in [0.25, 0.3) is 0 Å². The van der Waals surface area contributed by atoms with Crippen molar-refractivity contribution in [3.05, 3.63) is 20.7 Å². The van der Waals surface area contributed by atoms with E-state index in [1.54, 1.807) is 7.05 Å². The van der Waals surface area contributed by atoms with Crippen LogP contribution in [0.1, 0.15) is 0 Å². The van der Waals surface area contributed by atoms with Gasteiger partial charge in [0.1, 0.15) is 5.50 Å². The first-order valence-corrected chi connectivity index (χ1v) is 8.18. The zero-order chi connectivity index (χ0) is 16.3. The molecule has 10 nitrogen and oxygen atoms in total. The molecule has 2 amide bonds. The maximum atomic E-state index is 11.5. The quantitative estimate of drug-likeness (QED) is 0.308. The Morgan fingerprint density at radius 3 is 2.64 bits per heavy atom. The number of thioether (sulfide) groups is 2. The van der Waals surface area contributed by atoms with E-state index in [1.807, 2.05) is 0 Å². The molecule has 1 aromatic heterocycles. The van der Waals surface area contributed by atoms with Gasteiger partial charge in [-0.15, -0.1) is 11.8 Å². The van der Waals surface area contributed by atoms with Crippen LogP contribution in [0.2, 0.25) is 0 Å². The highest BCUT2D eigenvalue weighted by Crippen LogP contribution is 2.18. The van der Waals surface area contributed by atoms with Crippen LogP contribution in [0, 0.1) is 0 Å². The third-order valence-electron chi connectivity index (χ3n) is 2.71. The van der Waals surface area contributed by atoms with Crippen molar-refractivity contribution in [2.24, 2.45) is 7.05 Å². The van der Waals surface area contributed by atoms with Crippen LogP contribution >= 0.6 is 23.5 Å². The lowest BCUT2D eigenvalue weighted by Crippen LogP contribution is -2.62. The Kier molecular flexibility index (Phi) is 5.26. The molecular weight excluding hydrogens is 332 g/mol. The molecular formula is C10H14N6O4S2. The van der Waals surface area contributed by atoms with Crippen LogP contribution < -0.4 is 22.0 Å². The summed E-state index contributed by atoms with van der Waals surface area (Å²) in [5, 5.41) is 2.76. The monoisotopic (exact) mass is 346 g/mol. The second-order valence-corrected chi connectivity index (χ2v) is 6.54. The molecule has 22 heavy (non-hydrogen) atoms. The molecule has 1 fully saturated rings. The maximum Gasteiger partial charge on any atom is 0.339 e. The Labute approximate surface area is 133 Å². The van der Waals surface area contributed by atoms with Gasteiger partial charge in [0.2, 0.25) is 0 Å². The van der Waals surface area contributed by atoms with Gasteiger partial charge in [-0.2, -0.15) is 4.98 Å². The number of hydrogen-bond acceptors (Lipinski definition) is 8. The largest absolute Gasteiger partial charge is 0.339 e. The van der Waals surface area contributed by atoms with E-state index >= 15 is 0 Å². The number of rotatable bonds is 5. The van der Waals surface area contributed by atoms with Crippen molar-refractivity contribution in [2.75, 3.05) is 18.6 Å². The number of nitrogens with zero attached hydrogens (tertiary/aromatic N) is 3. The van der Waals surface area contributed by atoms with E-state index in [4.69, 9.17) is 0 Å². The van der Waals surface area contributed by atoms with Gasteiger partial charge in [-0.3, -0.25) is 34.4 Å². The minimum atomic E-state index is -0.824. The molecule has 1 aromatic rings. The molecule has 0 spiro atoms. The molecule has 0 bridgehead atoms. The predicted octanol–water partition coefficient (Wildman–Crippen LogP) is -2.33. The molecule has 1 saturated heterocycles. The lowest BCUT2D eigenvalue weighted by atomic mass is 10.5. The van der Waals surface area contributed by atoms with Crippen LogP contribution in [-0.4, -0.2) is 55.5 Å². The number of amides is 2. The molecule has 12 heteroatoms. The van der Waals surface area contributed by atoms with Crippen molar-refractivity contribution < 1.29 is 9.59 Å². The van der Waals surface area contributed by atoms with Gasteiger partial charge < -0.3 is 4.90 Å². The fourth-order valence-electron chi connectivity index (χ4n) is 1.58. The number of carbonyl (C=O) groups excluding carboxylic acids is 2. The summed E-state index contributed by atoms with van der Waals surface area (Å²) in [6.45, 7) is 0. The topological polar surface area (TPSA) is 129 Å². The average Bonchev–Trinajstić information content (AvgIpc) is 2.48. The normalized spacial score (nSPS) is 18.5. The van der Waals surface area contributed by atoms with E-state index in [-0.39, 0.29) is 5.50 Å². The van der Waals surface area contributed by atoms with Crippen LogP contribution in [-0.2, 0) is 16.6 Å². The standard InChI is InChI=1S/C10H14N6O4S2/c1-15-8(20)7(19)12-13-10(15)22-4-3-21-9-11-5(17)6(18)14-16(9)2/h10,13H,3-4H2,1-2H3,(H,12,19)(H,14,18). The van der Waals surface area contributed by atoms with Gasteiger partial charge >= 0.3 is 22.9 Å². The lowest BCUT2D eigenvalue weighted by molar-refractivity contribution is -0.149. The lowest BCUT2D eigenvalue weighted by Gasteiger charge is -2.32. The number of aromatic amines is 1. The summed E-state index contributed by atoms with van der Waals surface area (Å²) in [6, 6.07) is 0. The highest BCUT2D eigenvalue weighted by atomic mass is 32.2. The highest BCUT2D eigenvalue weighted by molar-refractivity contribution is 8.03. The summed E-state index contributed by atoms with van der Waals surface area (Å²) in [6.07, 6.45) is 0. The number of aromatic nitrogens is 3. The van der Waals surface area contributed by atoms with Gasteiger partial charge in [0.05, 0.1) is 0 Å². The minimum Gasteiger partial charge on any atom is -0.311 e. The predicted molar refractivity (Wildman–Crippen MR) is 81.1 cm³/mol. The smallest absolute Gasteiger partial charge is 0.311 e. The van der Waals surface area contributed by atoms with E-state index in [2.05, 4.69) is 20.9 Å². The second kappa shape index (κ2) is 6.98. The number of aryl methyl sites for hydroxylation is 1. The van der Waals surface area contributed by atoms with E-state index in [0.717, 1.165) is 0 Å². The van der Waals surface area contributed by atoms with Gasteiger partial charge in [-0.1, -0.05) is 11.8 Å². The highest BCUT2D eigenvalue weighted by Gasteiger charge is 2.30. The van der Waals surface area contributed by atoms with Crippen molar-refractivity contribution >= 4 is 35.3 Å². The third kappa shape index (κ3) is 3.69. The maximum absolute atomic E-state index is 11.5. The number of hydrogen-bond donors (Lipinski definition) is 3. The van der Waals surface area contributed by atoms with Crippen LogP contribution in [0.15, 0.2) is 14.7 Å². The zero-order valence-corrected chi connectivity index (χ0v) is 13.4. The number of carbonyl (C=O) groups is 2. The van der Waals surface area contributed by atoms with Gasteiger partial charge in [0.25, 0.3) is 0 Å². The first-order chi connectivity index (χ1) is 10.4. The van der Waals surface area contributed by atoms with Crippen molar-refractivity contribution in [3.63, 3.8) is 0 Å². The SMILES string of the molecule is CN1C(=O)C(=O)NNC1SCCSc1nc(=O)c(=O)[nH]n1C. The Morgan fingerprint density at radius 2 is 1.91 bits per heavy atom. The number of H-pyrrole nitrogens is 1. The number of hydrazine groups is 1. The minimum absolute atomic E-state index is 0.363. The van der Waals surface area contributed by atoms with E-state index in [1.165, 1.54) is 40.2 Å². The zero-order valence-electron chi connectivity index (χ0n) is 11.8. The van der Waals surface area contributed by atoms with Crippen LogP contribution in [0.5, 0.6) is 0 Å². The molecule has 120 valence electrons. The fourth-order valence-corrected chi connectivity index (χ4v) is 3.55. The molecule has 1 atom stereocenters. The average molecular weight is 346 g/mol. The molecule has 2 rings (SSSR count). The van der Waals surface area contributed by atoms with Crippen molar-refractivity contribution in [1.82, 2.24) is 30.5 Å². The molecule has 0 aromatic carbocycles. The Hall–Kier alpha value is -1.79. The second-order valence-electron chi connectivity index (χ2n) is 4.29. The number of nitrogens with one attached hydrogen (secondary N) is 3. The van der Waals surface area contributed by atoms with Crippen molar-refractivity contribution in [3.8, 4) is 0 Å². The molecule has 0 radical (unpaired) electrons. The van der Waals surface area contributed by atoms with Gasteiger partial charge in [0.15, 0.2) is 5.16 Å². The summed E-state index contributed by atoms with van der Waals surface area (Å²) < 4.78 is 1.38. The summed E-state index contributed by atoms with van der Waals surface area (Å²) in [4.78, 5) is 49.9. The summed E-state index contributed by atoms with van der Waals surface area (Å²) in [5.41, 5.74) is 3.06. The summed E-state index contributed by atoms with van der Waals surface area (Å²) >= 11 is 2.72. The summed E-state index contributed by atoms with van der Waals surface area (Å²) in [7, 11) is 3.13. The van der Waals surface area contributed by atoms with Crippen LogP contribution in [0.3, 0.4) is 0 Å². The molecule has 1 unspecified atom stereocenters. The Bertz CT molecular complexity index is 701. The van der Waals surface area contributed by atoms with Crippen LogP contribution in [0.4, 0.5) is 0 Å². The molecule has 1 aliphatic heterocycles. The van der Waals surface area contributed by atoms with E-state index in [9.17, 15) is 19.2 Å². The van der Waals surface area contributed by atoms with Gasteiger partial charge in [0, 0.05) is 25.6 Å². The molecule has 3 N–H and O–H groups in total.